The average Bonchev–Trinajstić information content (AvgIpc) is 3.21. The van der Waals surface area contributed by atoms with Gasteiger partial charge in [0.15, 0.2) is 5.82 Å². The van der Waals surface area contributed by atoms with E-state index in [-0.39, 0.29) is 5.41 Å². The highest BCUT2D eigenvalue weighted by Gasteiger charge is 2.35. The van der Waals surface area contributed by atoms with Gasteiger partial charge in [-0.1, -0.05) is 24.3 Å². The molecule has 8 heteroatoms. The van der Waals surface area contributed by atoms with Crippen molar-refractivity contribution in [3.8, 4) is 0 Å². The van der Waals surface area contributed by atoms with Crippen LogP contribution in [-0.2, 0) is 12.0 Å². The Labute approximate surface area is 132 Å². The van der Waals surface area contributed by atoms with Crippen LogP contribution in [0.15, 0.2) is 18.2 Å². The zero-order valence-electron chi connectivity index (χ0n) is 12.4. The number of H-pyrrole nitrogens is 1. The first kappa shape index (κ1) is 13.7. The van der Waals surface area contributed by atoms with Gasteiger partial charge >= 0.3 is 0 Å². The van der Waals surface area contributed by atoms with Gasteiger partial charge in [0.2, 0.25) is 0 Å². The monoisotopic (exact) mass is 315 g/mol. The maximum atomic E-state index is 4.42. The number of nitrogens with zero attached hydrogens (tertiary/aromatic N) is 6. The summed E-state index contributed by atoms with van der Waals surface area (Å²) in [6.45, 7) is 5.20. The smallest absolute Gasteiger partial charge is 0.180 e. The molecule has 0 atom stereocenters. The summed E-state index contributed by atoms with van der Waals surface area (Å²) < 4.78 is 8.74. The van der Waals surface area contributed by atoms with Gasteiger partial charge in [-0.15, -0.1) is 10.2 Å². The minimum absolute atomic E-state index is 0.0255. The molecule has 0 aliphatic carbocycles. The summed E-state index contributed by atoms with van der Waals surface area (Å²) in [6.07, 6.45) is 2.08. The maximum Gasteiger partial charge on any atom is 0.180 e. The maximum absolute atomic E-state index is 4.42. The molecule has 1 aliphatic rings. The molecule has 0 spiro atoms. The molecule has 0 saturated carbocycles. The summed E-state index contributed by atoms with van der Waals surface area (Å²) in [4.78, 5) is 2.47. The Bertz CT molecular complexity index is 758. The van der Waals surface area contributed by atoms with Gasteiger partial charge in [0.05, 0.1) is 11.7 Å². The lowest BCUT2D eigenvalue weighted by Gasteiger charge is -2.37. The van der Waals surface area contributed by atoms with Crippen molar-refractivity contribution < 1.29 is 0 Å². The summed E-state index contributed by atoms with van der Waals surface area (Å²) in [5, 5.41) is 14.6. The Morgan fingerprint density at radius 3 is 2.91 bits per heavy atom. The number of tetrazole rings is 1. The van der Waals surface area contributed by atoms with Crippen LogP contribution in [0.3, 0.4) is 0 Å². The number of piperidine rings is 1. The van der Waals surface area contributed by atoms with Gasteiger partial charge in [-0.2, -0.15) is 14.0 Å². The van der Waals surface area contributed by atoms with E-state index in [0.717, 1.165) is 49.3 Å². The molecule has 7 nitrogen and oxygen atoms in total. The molecule has 1 saturated heterocycles. The molecule has 0 unspecified atom stereocenters. The lowest BCUT2D eigenvalue weighted by Crippen LogP contribution is -2.41. The molecule has 0 amide bonds. The third-order valence-corrected chi connectivity index (χ3v) is 5.15. The summed E-state index contributed by atoms with van der Waals surface area (Å²) in [5.41, 5.74) is 3.32. The molecular weight excluding hydrogens is 298 g/mol. The number of fused-ring (bicyclic) bond motifs is 1. The molecule has 1 aromatic carbocycles. The van der Waals surface area contributed by atoms with Gasteiger partial charge in [-0.3, -0.25) is 4.90 Å². The SMILES string of the molecule is CC1(c2nn[nH]n2)CCN(Cc2cccc3nsnc23)CC1. The van der Waals surface area contributed by atoms with Crippen molar-refractivity contribution in [1.82, 2.24) is 34.3 Å². The standard InChI is InChI=1S/C14H17N7S/c1-14(13-15-19-20-16-13)5-7-21(8-6-14)9-10-3-2-4-11-12(10)18-22-17-11/h2-4H,5-9H2,1H3,(H,15,16,19,20). The number of aromatic amines is 1. The molecule has 114 valence electrons. The van der Waals surface area contributed by atoms with Crippen LogP contribution in [0.4, 0.5) is 0 Å². The topological polar surface area (TPSA) is 83.5 Å². The Morgan fingerprint density at radius 1 is 1.27 bits per heavy atom. The fourth-order valence-corrected chi connectivity index (χ4v) is 3.64. The molecule has 22 heavy (non-hydrogen) atoms. The number of nitrogens with one attached hydrogen (secondary N) is 1. The summed E-state index contributed by atoms with van der Waals surface area (Å²) in [5.74, 6) is 0.831. The van der Waals surface area contributed by atoms with Gasteiger partial charge < -0.3 is 0 Å². The predicted octanol–water partition coefficient (Wildman–Crippen LogP) is 1.76. The minimum Gasteiger partial charge on any atom is -0.299 e. The van der Waals surface area contributed by atoms with Crippen molar-refractivity contribution >= 4 is 22.8 Å². The number of likely N-dealkylation sites (tertiary alicyclic amines) is 1. The van der Waals surface area contributed by atoms with Crippen molar-refractivity contribution in [2.24, 2.45) is 0 Å². The van der Waals surface area contributed by atoms with Gasteiger partial charge in [-0.25, -0.2) is 0 Å². The van der Waals surface area contributed by atoms with Crippen molar-refractivity contribution in [2.45, 2.75) is 31.7 Å². The van der Waals surface area contributed by atoms with Crippen LogP contribution in [0.5, 0.6) is 0 Å². The zero-order chi connectivity index (χ0) is 15.0. The fourth-order valence-electron chi connectivity index (χ4n) is 3.08. The molecule has 1 N–H and O–H groups in total. The van der Waals surface area contributed by atoms with Gasteiger partial charge in [0.1, 0.15) is 11.0 Å². The van der Waals surface area contributed by atoms with Crippen LogP contribution in [0.2, 0.25) is 0 Å². The van der Waals surface area contributed by atoms with Crippen molar-refractivity contribution in [3.63, 3.8) is 0 Å². The van der Waals surface area contributed by atoms with E-state index in [0.29, 0.717) is 0 Å². The molecule has 3 aromatic rings. The summed E-state index contributed by atoms with van der Waals surface area (Å²) in [6, 6.07) is 6.23. The second-order valence-electron chi connectivity index (χ2n) is 6.12. The van der Waals surface area contributed by atoms with E-state index in [1.165, 1.54) is 17.3 Å². The first-order chi connectivity index (χ1) is 10.7. The van der Waals surface area contributed by atoms with Crippen LogP contribution >= 0.6 is 11.7 Å². The second-order valence-corrected chi connectivity index (χ2v) is 6.65. The highest BCUT2D eigenvalue weighted by atomic mass is 32.1. The molecule has 1 aliphatic heterocycles. The lowest BCUT2D eigenvalue weighted by atomic mass is 9.79. The van der Waals surface area contributed by atoms with Gasteiger partial charge in [0, 0.05) is 12.0 Å². The lowest BCUT2D eigenvalue weighted by molar-refractivity contribution is 0.157. The average molecular weight is 315 g/mol. The molecule has 1 fully saturated rings. The second kappa shape index (κ2) is 5.36. The van der Waals surface area contributed by atoms with Crippen molar-refractivity contribution in [2.75, 3.05) is 13.1 Å². The zero-order valence-corrected chi connectivity index (χ0v) is 13.2. The molecular formula is C14H17N7S. The number of hydrogen-bond acceptors (Lipinski definition) is 7. The van der Waals surface area contributed by atoms with Crippen LogP contribution in [-0.4, -0.2) is 47.4 Å². The fraction of sp³-hybridized carbons (Fsp3) is 0.500. The van der Waals surface area contributed by atoms with E-state index in [1.54, 1.807) is 0 Å². The molecule has 3 heterocycles. The van der Waals surface area contributed by atoms with E-state index in [9.17, 15) is 0 Å². The van der Waals surface area contributed by atoms with Gasteiger partial charge in [-0.05, 0) is 37.6 Å². The van der Waals surface area contributed by atoms with Crippen LogP contribution in [0.25, 0.3) is 11.0 Å². The van der Waals surface area contributed by atoms with E-state index in [1.807, 2.05) is 6.07 Å². The Morgan fingerprint density at radius 2 is 2.14 bits per heavy atom. The third-order valence-electron chi connectivity index (χ3n) is 4.61. The molecule has 4 rings (SSSR count). The first-order valence-electron chi connectivity index (χ1n) is 7.41. The first-order valence-corrected chi connectivity index (χ1v) is 8.14. The number of aromatic nitrogens is 6. The highest BCUT2D eigenvalue weighted by Crippen LogP contribution is 2.33. The van der Waals surface area contributed by atoms with E-state index >= 15 is 0 Å². The normalized spacial score (nSPS) is 18.8. The molecule has 0 bridgehead atoms. The Kier molecular flexibility index (Phi) is 3.34. The number of rotatable bonds is 3. The largest absolute Gasteiger partial charge is 0.299 e. The molecule has 2 aromatic heterocycles. The Balaban J connectivity index is 1.47. The third kappa shape index (κ3) is 2.38. The van der Waals surface area contributed by atoms with Crippen molar-refractivity contribution in [1.29, 1.82) is 0 Å². The van der Waals surface area contributed by atoms with Crippen LogP contribution < -0.4 is 0 Å². The van der Waals surface area contributed by atoms with E-state index < -0.39 is 0 Å². The summed E-state index contributed by atoms with van der Waals surface area (Å²) in [7, 11) is 0. The van der Waals surface area contributed by atoms with Crippen LogP contribution in [0.1, 0.15) is 31.2 Å². The molecule has 0 radical (unpaired) electrons. The number of benzene rings is 1. The quantitative estimate of drug-likeness (QED) is 0.793. The highest BCUT2D eigenvalue weighted by molar-refractivity contribution is 7.00. The number of hydrogen-bond donors (Lipinski definition) is 1. The van der Waals surface area contributed by atoms with E-state index in [4.69, 9.17) is 0 Å². The van der Waals surface area contributed by atoms with Crippen LogP contribution in [0, 0.1) is 0 Å². The van der Waals surface area contributed by atoms with Gasteiger partial charge in [0.25, 0.3) is 0 Å². The summed E-state index contributed by atoms with van der Waals surface area (Å²) >= 11 is 1.28. The van der Waals surface area contributed by atoms with Crippen molar-refractivity contribution in [3.05, 3.63) is 29.6 Å². The van der Waals surface area contributed by atoms with E-state index in [2.05, 4.69) is 53.3 Å². The minimum atomic E-state index is 0.0255. The predicted molar refractivity (Wildman–Crippen MR) is 83.5 cm³/mol. The Hall–Kier alpha value is -1.93.